The molecule has 0 aromatic rings. The topological polar surface area (TPSA) is 118 Å². The highest BCUT2D eigenvalue weighted by Gasteiger charge is 2.47. The fraction of sp³-hybridized carbons (Fsp3) is 0.667. The first kappa shape index (κ1) is 9.11. The summed E-state index contributed by atoms with van der Waals surface area (Å²) in [7, 11) is 0. The standard InChI is InChI=1S/C6H11N3O3/c1-6(12)3(8)2(7)4(10)9-5(6)11/h2-3,12H,7-8H2,1H3,(H,9,10,11). The van der Waals surface area contributed by atoms with Crippen LogP contribution in [0.2, 0.25) is 0 Å². The number of carbonyl (C=O) groups is 2. The number of nitrogens with two attached hydrogens (primary N) is 2. The molecule has 2 amide bonds. The minimum atomic E-state index is -1.77. The Morgan fingerprint density at radius 3 is 2.50 bits per heavy atom. The summed E-state index contributed by atoms with van der Waals surface area (Å²) >= 11 is 0. The zero-order valence-corrected chi connectivity index (χ0v) is 6.57. The van der Waals surface area contributed by atoms with Gasteiger partial charge in [0.05, 0.1) is 6.04 Å². The quantitative estimate of drug-likeness (QED) is 0.292. The van der Waals surface area contributed by atoms with Crippen molar-refractivity contribution in [3.63, 3.8) is 0 Å². The maximum atomic E-state index is 11.0. The lowest BCUT2D eigenvalue weighted by atomic mass is 9.87. The van der Waals surface area contributed by atoms with E-state index in [2.05, 4.69) is 0 Å². The highest BCUT2D eigenvalue weighted by atomic mass is 16.3. The van der Waals surface area contributed by atoms with Crippen molar-refractivity contribution in [1.29, 1.82) is 0 Å². The molecule has 0 bridgehead atoms. The van der Waals surface area contributed by atoms with Gasteiger partial charge in [-0.05, 0) is 6.92 Å². The van der Waals surface area contributed by atoms with Gasteiger partial charge < -0.3 is 16.6 Å². The van der Waals surface area contributed by atoms with Crippen LogP contribution in [0.15, 0.2) is 0 Å². The lowest BCUT2D eigenvalue weighted by Gasteiger charge is -2.36. The van der Waals surface area contributed by atoms with Crippen molar-refractivity contribution in [3.05, 3.63) is 0 Å². The Hall–Kier alpha value is -0.980. The zero-order valence-electron chi connectivity index (χ0n) is 6.57. The number of imide groups is 1. The van der Waals surface area contributed by atoms with E-state index in [1.807, 2.05) is 5.32 Å². The van der Waals surface area contributed by atoms with Crippen LogP contribution in [-0.4, -0.2) is 34.6 Å². The SMILES string of the molecule is CC1(O)C(=O)NC(=O)C(N)C1N. The van der Waals surface area contributed by atoms with Gasteiger partial charge in [-0.3, -0.25) is 14.9 Å². The molecule has 1 heterocycles. The van der Waals surface area contributed by atoms with E-state index in [9.17, 15) is 14.7 Å². The number of nitrogens with one attached hydrogen (secondary N) is 1. The van der Waals surface area contributed by atoms with Gasteiger partial charge in [0.1, 0.15) is 6.04 Å². The fourth-order valence-electron chi connectivity index (χ4n) is 0.986. The summed E-state index contributed by atoms with van der Waals surface area (Å²) in [5.74, 6) is -1.46. The van der Waals surface area contributed by atoms with E-state index in [1.165, 1.54) is 6.92 Å². The van der Waals surface area contributed by atoms with Gasteiger partial charge in [-0.2, -0.15) is 0 Å². The van der Waals surface area contributed by atoms with E-state index < -0.39 is 29.5 Å². The normalized spacial score (nSPS) is 42.7. The van der Waals surface area contributed by atoms with Crippen LogP contribution in [0.25, 0.3) is 0 Å². The van der Waals surface area contributed by atoms with Crippen LogP contribution in [0.4, 0.5) is 0 Å². The molecule has 6 nitrogen and oxygen atoms in total. The number of piperidine rings is 1. The molecule has 3 atom stereocenters. The average Bonchev–Trinajstić information content (AvgIpc) is 1.99. The zero-order chi connectivity index (χ0) is 9.52. The van der Waals surface area contributed by atoms with E-state index in [4.69, 9.17) is 11.5 Å². The molecule has 1 aliphatic heterocycles. The van der Waals surface area contributed by atoms with Gasteiger partial charge in [-0.15, -0.1) is 0 Å². The summed E-state index contributed by atoms with van der Waals surface area (Å²) in [5, 5.41) is 11.3. The van der Waals surface area contributed by atoms with E-state index in [1.54, 1.807) is 0 Å². The predicted molar refractivity (Wildman–Crippen MR) is 39.7 cm³/mol. The smallest absolute Gasteiger partial charge is 0.259 e. The number of carbonyl (C=O) groups excluding carboxylic acids is 2. The van der Waals surface area contributed by atoms with Crippen LogP contribution in [-0.2, 0) is 9.59 Å². The van der Waals surface area contributed by atoms with Crippen LogP contribution in [0, 0.1) is 0 Å². The van der Waals surface area contributed by atoms with Crippen molar-refractivity contribution < 1.29 is 14.7 Å². The Morgan fingerprint density at radius 2 is 2.00 bits per heavy atom. The maximum absolute atomic E-state index is 11.0. The summed E-state index contributed by atoms with van der Waals surface area (Å²) in [4.78, 5) is 21.8. The summed E-state index contributed by atoms with van der Waals surface area (Å²) in [6.45, 7) is 1.22. The summed E-state index contributed by atoms with van der Waals surface area (Å²) in [5.41, 5.74) is 8.92. The molecule has 6 N–H and O–H groups in total. The van der Waals surface area contributed by atoms with Crippen molar-refractivity contribution in [2.24, 2.45) is 11.5 Å². The Kier molecular flexibility index (Phi) is 1.91. The largest absolute Gasteiger partial charge is 0.379 e. The van der Waals surface area contributed by atoms with E-state index in [0.717, 1.165) is 0 Å². The molecule has 0 aromatic heterocycles. The monoisotopic (exact) mass is 173 g/mol. The van der Waals surface area contributed by atoms with Gasteiger partial charge in [-0.25, -0.2) is 0 Å². The maximum Gasteiger partial charge on any atom is 0.259 e. The average molecular weight is 173 g/mol. The molecule has 3 unspecified atom stereocenters. The first-order chi connectivity index (χ1) is 5.37. The second-order valence-electron chi connectivity index (χ2n) is 3.02. The molecule has 0 spiro atoms. The van der Waals surface area contributed by atoms with E-state index >= 15 is 0 Å². The molecule has 0 saturated carbocycles. The molecule has 1 fully saturated rings. The third-order valence-corrected chi connectivity index (χ3v) is 2.04. The van der Waals surface area contributed by atoms with Crippen molar-refractivity contribution in [2.75, 3.05) is 0 Å². The third-order valence-electron chi connectivity index (χ3n) is 2.04. The molecule has 1 saturated heterocycles. The van der Waals surface area contributed by atoms with Crippen LogP contribution in [0.3, 0.4) is 0 Å². The van der Waals surface area contributed by atoms with Crippen molar-refractivity contribution in [1.82, 2.24) is 5.32 Å². The van der Waals surface area contributed by atoms with Gasteiger partial charge in [0.25, 0.3) is 5.91 Å². The Balaban J connectivity index is 2.95. The number of aliphatic hydroxyl groups is 1. The Labute approximate surface area is 68.9 Å². The van der Waals surface area contributed by atoms with Crippen molar-refractivity contribution in [2.45, 2.75) is 24.6 Å². The molecule has 68 valence electrons. The Morgan fingerprint density at radius 1 is 1.50 bits per heavy atom. The summed E-state index contributed by atoms with van der Waals surface area (Å²) in [6.07, 6.45) is 0. The minimum absolute atomic E-state index is 0.654. The lowest BCUT2D eigenvalue weighted by molar-refractivity contribution is -0.151. The first-order valence-electron chi connectivity index (χ1n) is 3.46. The van der Waals surface area contributed by atoms with Crippen molar-refractivity contribution >= 4 is 11.8 Å². The van der Waals surface area contributed by atoms with Gasteiger partial charge >= 0.3 is 0 Å². The highest BCUT2D eigenvalue weighted by molar-refractivity contribution is 6.05. The van der Waals surface area contributed by atoms with E-state index in [-0.39, 0.29) is 0 Å². The number of hydrogen-bond acceptors (Lipinski definition) is 5. The van der Waals surface area contributed by atoms with E-state index in [0.29, 0.717) is 0 Å². The first-order valence-corrected chi connectivity index (χ1v) is 3.46. The van der Waals surface area contributed by atoms with Gasteiger partial charge in [0.15, 0.2) is 5.60 Å². The van der Waals surface area contributed by atoms with Crippen LogP contribution >= 0.6 is 0 Å². The molecular formula is C6H11N3O3. The molecule has 1 rings (SSSR count). The molecule has 12 heavy (non-hydrogen) atoms. The Bertz CT molecular complexity index is 238. The minimum Gasteiger partial charge on any atom is -0.379 e. The number of amides is 2. The molecule has 6 heteroatoms. The number of rotatable bonds is 0. The summed E-state index contributed by atoms with van der Waals surface area (Å²) in [6, 6.07) is -2.10. The van der Waals surface area contributed by atoms with Crippen LogP contribution in [0.5, 0.6) is 0 Å². The highest BCUT2D eigenvalue weighted by Crippen LogP contribution is 2.14. The summed E-state index contributed by atoms with van der Waals surface area (Å²) < 4.78 is 0. The van der Waals surface area contributed by atoms with Gasteiger partial charge in [-0.1, -0.05) is 0 Å². The predicted octanol–water partition coefficient (Wildman–Crippen LogP) is -2.95. The second kappa shape index (κ2) is 2.51. The van der Waals surface area contributed by atoms with Crippen LogP contribution < -0.4 is 16.8 Å². The fourth-order valence-corrected chi connectivity index (χ4v) is 0.986. The second-order valence-corrected chi connectivity index (χ2v) is 3.02. The molecule has 1 aliphatic rings. The molecule has 0 radical (unpaired) electrons. The lowest BCUT2D eigenvalue weighted by Crippen LogP contribution is -2.72. The molecule has 0 aliphatic carbocycles. The van der Waals surface area contributed by atoms with Gasteiger partial charge in [0.2, 0.25) is 5.91 Å². The van der Waals surface area contributed by atoms with Crippen molar-refractivity contribution in [3.8, 4) is 0 Å². The molecule has 0 aromatic carbocycles. The third kappa shape index (κ3) is 1.09. The molecular weight excluding hydrogens is 162 g/mol. The van der Waals surface area contributed by atoms with Gasteiger partial charge in [0, 0.05) is 0 Å². The van der Waals surface area contributed by atoms with Crippen LogP contribution in [0.1, 0.15) is 6.92 Å². The number of hydrogen-bond donors (Lipinski definition) is 4.